The number of ether oxygens (including phenoxy) is 2. The van der Waals surface area contributed by atoms with E-state index in [2.05, 4.69) is 20.1 Å². The highest BCUT2D eigenvalue weighted by atomic mass is 16.5. The minimum Gasteiger partial charge on any atom is -0.459 e. The van der Waals surface area contributed by atoms with E-state index >= 15 is 0 Å². The summed E-state index contributed by atoms with van der Waals surface area (Å²) in [6, 6.07) is 0. The highest BCUT2D eigenvalue weighted by molar-refractivity contribution is 5.88. The molecule has 0 atom stereocenters. The molecule has 3 nitrogen and oxygen atoms in total. The third-order valence-electron chi connectivity index (χ3n) is 3.04. The van der Waals surface area contributed by atoms with Crippen molar-refractivity contribution in [2.45, 2.75) is 38.7 Å². The van der Waals surface area contributed by atoms with Crippen LogP contribution in [0.5, 0.6) is 0 Å². The van der Waals surface area contributed by atoms with E-state index in [9.17, 15) is 4.79 Å². The van der Waals surface area contributed by atoms with Crippen LogP contribution in [0.3, 0.4) is 0 Å². The molecule has 0 aromatic carbocycles. The Bertz CT molecular complexity index is 275. The minimum atomic E-state index is -0.325. The van der Waals surface area contributed by atoms with Crippen LogP contribution >= 0.6 is 0 Å². The van der Waals surface area contributed by atoms with Gasteiger partial charge in [-0.1, -0.05) is 19.6 Å². The summed E-state index contributed by atoms with van der Waals surface area (Å²) >= 11 is 0. The summed E-state index contributed by atoms with van der Waals surface area (Å²) in [7, 11) is 0. The van der Waals surface area contributed by atoms with Crippen molar-refractivity contribution in [1.82, 2.24) is 0 Å². The monoisotopic (exact) mass is 238 g/mol. The molecule has 0 aliphatic heterocycles. The van der Waals surface area contributed by atoms with Crippen molar-refractivity contribution in [1.29, 1.82) is 0 Å². The van der Waals surface area contributed by atoms with E-state index < -0.39 is 0 Å². The number of rotatable bonds is 6. The van der Waals surface area contributed by atoms with E-state index in [1.165, 1.54) is 0 Å². The molecule has 17 heavy (non-hydrogen) atoms. The molecule has 1 aliphatic carbocycles. The van der Waals surface area contributed by atoms with Crippen LogP contribution in [0.1, 0.15) is 32.6 Å². The SMILES string of the molecule is C=CCOCC(=C)C(=O)OC1CCC(C)CC1. The zero-order chi connectivity index (χ0) is 12.7. The van der Waals surface area contributed by atoms with Crippen molar-refractivity contribution >= 4 is 5.97 Å². The lowest BCUT2D eigenvalue weighted by Gasteiger charge is -2.26. The Morgan fingerprint density at radius 1 is 1.35 bits per heavy atom. The molecule has 0 radical (unpaired) electrons. The normalized spacial score (nSPS) is 24.1. The summed E-state index contributed by atoms with van der Waals surface area (Å²) in [5.74, 6) is 0.428. The number of hydrogen-bond acceptors (Lipinski definition) is 3. The molecule has 0 unspecified atom stereocenters. The van der Waals surface area contributed by atoms with E-state index in [1.807, 2.05) is 0 Å². The van der Waals surface area contributed by atoms with Gasteiger partial charge in [-0.2, -0.15) is 0 Å². The summed E-state index contributed by atoms with van der Waals surface area (Å²) in [5, 5.41) is 0. The number of esters is 1. The average molecular weight is 238 g/mol. The van der Waals surface area contributed by atoms with Crippen LogP contribution in [0.15, 0.2) is 24.8 Å². The second-order valence-electron chi connectivity index (χ2n) is 4.69. The van der Waals surface area contributed by atoms with Crippen molar-refractivity contribution in [3.05, 3.63) is 24.8 Å². The maximum absolute atomic E-state index is 11.7. The summed E-state index contributed by atoms with van der Waals surface area (Å²) < 4.78 is 10.5. The van der Waals surface area contributed by atoms with Gasteiger partial charge in [0, 0.05) is 0 Å². The zero-order valence-electron chi connectivity index (χ0n) is 10.6. The summed E-state index contributed by atoms with van der Waals surface area (Å²) in [6.45, 7) is 10.1. The molecule has 1 saturated carbocycles. The van der Waals surface area contributed by atoms with Crippen molar-refractivity contribution in [2.24, 2.45) is 5.92 Å². The molecule has 0 aromatic heterocycles. The largest absolute Gasteiger partial charge is 0.459 e. The molecule has 0 aromatic rings. The van der Waals surface area contributed by atoms with Gasteiger partial charge in [-0.05, 0) is 31.6 Å². The van der Waals surface area contributed by atoms with Gasteiger partial charge in [0.2, 0.25) is 0 Å². The molecule has 0 spiro atoms. The van der Waals surface area contributed by atoms with Gasteiger partial charge in [-0.3, -0.25) is 0 Å². The van der Waals surface area contributed by atoms with Crippen LogP contribution in [0.4, 0.5) is 0 Å². The van der Waals surface area contributed by atoms with Crippen molar-refractivity contribution in [3.8, 4) is 0 Å². The van der Waals surface area contributed by atoms with Crippen LogP contribution in [-0.2, 0) is 14.3 Å². The Balaban J connectivity index is 2.23. The Labute approximate surface area is 103 Å². The quantitative estimate of drug-likeness (QED) is 0.309. The first-order valence-corrected chi connectivity index (χ1v) is 6.21. The van der Waals surface area contributed by atoms with Crippen LogP contribution in [0.2, 0.25) is 0 Å². The van der Waals surface area contributed by atoms with Crippen LogP contribution in [-0.4, -0.2) is 25.3 Å². The predicted molar refractivity (Wildman–Crippen MR) is 67.7 cm³/mol. The molecular weight excluding hydrogens is 216 g/mol. The maximum Gasteiger partial charge on any atom is 0.336 e. The third kappa shape index (κ3) is 5.18. The molecule has 1 aliphatic rings. The first kappa shape index (κ1) is 14.0. The Morgan fingerprint density at radius 3 is 2.59 bits per heavy atom. The molecule has 3 heteroatoms. The van der Waals surface area contributed by atoms with E-state index in [0.717, 1.165) is 31.6 Å². The van der Waals surface area contributed by atoms with Gasteiger partial charge in [0.05, 0.1) is 18.8 Å². The second-order valence-corrected chi connectivity index (χ2v) is 4.69. The summed E-state index contributed by atoms with van der Waals surface area (Å²) in [4.78, 5) is 11.7. The Kier molecular flexibility index (Phi) is 5.98. The summed E-state index contributed by atoms with van der Waals surface area (Å²) in [6.07, 6.45) is 5.91. The lowest BCUT2D eigenvalue weighted by Crippen LogP contribution is -2.25. The highest BCUT2D eigenvalue weighted by Gasteiger charge is 2.22. The van der Waals surface area contributed by atoms with Gasteiger partial charge in [-0.25, -0.2) is 4.79 Å². The van der Waals surface area contributed by atoms with Crippen molar-refractivity contribution in [2.75, 3.05) is 13.2 Å². The molecule has 0 N–H and O–H groups in total. The van der Waals surface area contributed by atoms with E-state index in [1.54, 1.807) is 6.08 Å². The molecule has 0 heterocycles. The Morgan fingerprint density at radius 2 is 2.00 bits per heavy atom. The van der Waals surface area contributed by atoms with E-state index in [4.69, 9.17) is 9.47 Å². The molecule has 1 rings (SSSR count). The zero-order valence-corrected chi connectivity index (χ0v) is 10.6. The first-order chi connectivity index (χ1) is 8.13. The topological polar surface area (TPSA) is 35.5 Å². The molecule has 1 fully saturated rings. The minimum absolute atomic E-state index is 0.0647. The lowest BCUT2D eigenvalue weighted by atomic mass is 9.89. The molecule has 96 valence electrons. The van der Waals surface area contributed by atoms with Crippen LogP contribution < -0.4 is 0 Å². The number of carbonyl (C=O) groups is 1. The fourth-order valence-corrected chi connectivity index (χ4v) is 1.91. The van der Waals surface area contributed by atoms with Gasteiger partial charge in [0.25, 0.3) is 0 Å². The summed E-state index contributed by atoms with van der Waals surface area (Å²) in [5.41, 5.74) is 0.380. The van der Waals surface area contributed by atoms with Gasteiger partial charge >= 0.3 is 5.97 Å². The molecular formula is C14H22O3. The Hall–Kier alpha value is -1.09. The van der Waals surface area contributed by atoms with Crippen LogP contribution in [0, 0.1) is 5.92 Å². The number of hydrogen-bond donors (Lipinski definition) is 0. The van der Waals surface area contributed by atoms with E-state index in [0.29, 0.717) is 12.2 Å². The first-order valence-electron chi connectivity index (χ1n) is 6.21. The predicted octanol–water partition coefficient (Wildman–Crippen LogP) is 2.87. The lowest BCUT2D eigenvalue weighted by molar-refractivity contribution is -0.146. The van der Waals surface area contributed by atoms with Crippen molar-refractivity contribution < 1.29 is 14.3 Å². The molecule has 0 saturated heterocycles. The smallest absolute Gasteiger partial charge is 0.336 e. The van der Waals surface area contributed by atoms with Gasteiger partial charge in [-0.15, -0.1) is 6.58 Å². The fourth-order valence-electron chi connectivity index (χ4n) is 1.91. The van der Waals surface area contributed by atoms with Crippen molar-refractivity contribution in [3.63, 3.8) is 0 Å². The van der Waals surface area contributed by atoms with Gasteiger partial charge < -0.3 is 9.47 Å². The van der Waals surface area contributed by atoms with Gasteiger partial charge in [0.15, 0.2) is 0 Å². The van der Waals surface area contributed by atoms with Gasteiger partial charge in [0.1, 0.15) is 6.10 Å². The fraction of sp³-hybridized carbons (Fsp3) is 0.643. The van der Waals surface area contributed by atoms with Crippen LogP contribution in [0.25, 0.3) is 0 Å². The molecule has 0 amide bonds. The average Bonchev–Trinajstić information content (AvgIpc) is 2.32. The maximum atomic E-state index is 11.7. The van der Waals surface area contributed by atoms with E-state index in [-0.39, 0.29) is 18.7 Å². The highest BCUT2D eigenvalue weighted by Crippen LogP contribution is 2.25. The third-order valence-corrected chi connectivity index (χ3v) is 3.04. The molecule has 0 bridgehead atoms. The second kappa shape index (κ2) is 7.28. The standard InChI is InChI=1S/C14H22O3/c1-4-9-16-10-12(3)14(15)17-13-7-5-11(2)6-8-13/h4,11,13H,1,3,5-10H2,2H3. The number of carbonyl (C=O) groups excluding carboxylic acids is 1.